The van der Waals surface area contributed by atoms with Gasteiger partial charge in [-0.1, -0.05) is 65.1 Å². The highest BCUT2D eigenvalue weighted by Crippen LogP contribution is 2.41. The van der Waals surface area contributed by atoms with E-state index in [-0.39, 0.29) is 11.2 Å². The quantitative estimate of drug-likeness (QED) is 0.389. The highest BCUT2D eigenvalue weighted by Gasteiger charge is 2.35. The lowest BCUT2D eigenvalue weighted by Gasteiger charge is -2.30. The zero-order chi connectivity index (χ0) is 19.3. The lowest BCUT2D eigenvalue weighted by molar-refractivity contribution is 0.0911. The Labute approximate surface area is 177 Å². The molecule has 2 aromatic carbocycles. The molecular weight excluding hydrogens is 445 g/mol. The van der Waals surface area contributed by atoms with E-state index in [1.807, 2.05) is 30.3 Å². The smallest absolute Gasteiger partial charge is 0.165 e. The summed E-state index contributed by atoms with van der Waals surface area (Å²) in [5.74, 6) is 0.191. The molecular formula is C22H18BrCl2NO. The number of halogens is 3. The topological polar surface area (TPSA) is 22.0 Å². The van der Waals surface area contributed by atoms with E-state index in [2.05, 4.69) is 46.5 Å². The molecule has 0 radical (unpaired) electrons. The van der Waals surface area contributed by atoms with Gasteiger partial charge in [-0.2, -0.15) is 0 Å². The average Bonchev–Trinajstić information content (AvgIpc) is 2.96. The number of ketones is 1. The molecule has 27 heavy (non-hydrogen) atoms. The maximum atomic E-state index is 12.8. The molecule has 0 fully saturated rings. The van der Waals surface area contributed by atoms with E-state index in [1.165, 1.54) is 0 Å². The van der Waals surface area contributed by atoms with E-state index in [0.29, 0.717) is 16.5 Å². The number of hydrogen-bond donors (Lipinski definition) is 0. The summed E-state index contributed by atoms with van der Waals surface area (Å²) in [7, 11) is 0. The summed E-state index contributed by atoms with van der Waals surface area (Å²) < 4.78 is 3.14. The van der Waals surface area contributed by atoms with Crippen molar-refractivity contribution in [1.82, 2.24) is 4.57 Å². The maximum absolute atomic E-state index is 12.8. The number of rotatable bonds is 2. The van der Waals surface area contributed by atoms with E-state index in [9.17, 15) is 4.79 Å². The van der Waals surface area contributed by atoms with Crippen LogP contribution in [-0.2, 0) is 6.42 Å². The van der Waals surface area contributed by atoms with Crippen molar-refractivity contribution >= 4 is 44.9 Å². The molecule has 0 N–H and O–H groups in total. The van der Waals surface area contributed by atoms with Gasteiger partial charge in [-0.05, 0) is 53.8 Å². The molecule has 1 aliphatic rings. The number of aromatic nitrogens is 1. The Bertz CT molecular complexity index is 1070. The molecule has 0 aliphatic heterocycles. The molecule has 4 rings (SSSR count). The first-order chi connectivity index (χ1) is 12.7. The molecule has 1 heterocycles. The van der Waals surface area contributed by atoms with Crippen molar-refractivity contribution in [3.05, 3.63) is 74.3 Å². The first-order valence-corrected chi connectivity index (χ1v) is 10.3. The summed E-state index contributed by atoms with van der Waals surface area (Å²) >= 11 is 16.0. The molecule has 0 saturated heterocycles. The van der Waals surface area contributed by atoms with Crippen molar-refractivity contribution in [2.24, 2.45) is 5.41 Å². The molecule has 5 heteroatoms. The minimum Gasteiger partial charge on any atom is -0.313 e. The van der Waals surface area contributed by atoms with Crippen molar-refractivity contribution in [3.63, 3.8) is 0 Å². The van der Waals surface area contributed by atoms with Gasteiger partial charge in [0.15, 0.2) is 5.78 Å². The van der Waals surface area contributed by atoms with E-state index < -0.39 is 0 Å². The van der Waals surface area contributed by atoms with Gasteiger partial charge in [0, 0.05) is 27.8 Å². The molecule has 1 aliphatic carbocycles. The highest BCUT2D eigenvalue weighted by atomic mass is 79.9. The summed E-state index contributed by atoms with van der Waals surface area (Å²) in [5.41, 5.74) is 4.68. The van der Waals surface area contributed by atoms with E-state index in [0.717, 1.165) is 39.1 Å². The van der Waals surface area contributed by atoms with Crippen LogP contribution in [0, 0.1) is 5.41 Å². The van der Waals surface area contributed by atoms with Crippen molar-refractivity contribution in [2.45, 2.75) is 26.7 Å². The van der Waals surface area contributed by atoms with Crippen LogP contribution in [0.1, 0.15) is 36.3 Å². The number of Topliss-reactive ketones (excluding diaryl/α,β-unsaturated/α-hetero) is 1. The lowest BCUT2D eigenvalue weighted by atomic mass is 9.76. The number of nitrogens with zero attached hydrogens (tertiary/aromatic N) is 1. The number of fused-ring (bicyclic) bond motifs is 1. The number of carbonyl (C=O) groups excluding carboxylic acids is 1. The normalized spacial score (nSPS) is 15.7. The van der Waals surface area contributed by atoms with E-state index in [4.69, 9.17) is 23.2 Å². The fraction of sp³-hybridized carbons (Fsp3) is 0.227. The Morgan fingerprint density at radius 3 is 2.48 bits per heavy atom. The van der Waals surface area contributed by atoms with Gasteiger partial charge in [0.25, 0.3) is 0 Å². The molecule has 0 bridgehead atoms. The lowest BCUT2D eigenvalue weighted by Crippen LogP contribution is -2.27. The van der Waals surface area contributed by atoms with Gasteiger partial charge in [0.05, 0.1) is 15.7 Å². The number of carbonyl (C=O) groups is 1. The Balaban J connectivity index is 2.02. The van der Waals surface area contributed by atoms with Crippen LogP contribution in [0.5, 0.6) is 0 Å². The summed E-state index contributed by atoms with van der Waals surface area (Å²) in [6.07, 6.45) is 1.38. The van der Waals surface area contributed by atoms with Crippen LogP contribution in [-0.4, -0.2) is 10.4 Å². The summed E-state index contributed by atoms with van der Waals surface area (Å²) in [5, 5.41) is 1.01. The third kappa shape index (κ3) is 3.49. The maximum Gasteiger partial charge on any atom is 0.165 e. The van der Waals surface area contributed by atoms with Gasteiger partial charge in [0.2, 0.25) is 0 Å². The standard InChI is InChI=1S/C22H18BrCl2NO/c1-22(2)11-20-16(21(27)12-22)10-19(13-4-3-5-14(23)8-13)26(20)15-6-7-17(24)18(25)9-15/h3-10H,11-12H2,1-2H3. The van der Waals surface area contributed by atoms with Gasteiger partial charge in [0.1, 0.15) is 0 Å². The summed E-state index contributed by atoms with van der Waals surface area (Å²) in [6, 6.07) is 15.7. The van der Waals surface area contributed by atoms with Crippen molar-refractivity contribution in [2.75, 3.05) is 0 Å². The number of hydrogen-bond acceptors (Lipinski definition) is 1. The molecule has 0 spiro atoms. The van der Waals surface area contributed by atoms with Crippen LogP contribution in [0.4, 0.5) is 0 Å². The molecule has 0 unspecified atom stereocenters. The summed E-state index contributed by atoms with van der Waals surface area (Å²) in [6.45, 7) is 4.28. The second-order valence-electron chi connectivity index (χ2n) is 7.78. The minimum absolute atomic E-state index is 0.0784. The second kappa shape index (κ2) is 6.80. The van der Waals surface area contributed by atoms with E-state index in [1.54, 1.807) is 6.07 Å². The van der Waals surface area contributed by atoms with Gasteiger partial charge in [-0.3, -0.25) is 4.79 Å². The van der Waals surface area contributed by atoms with E-state index >= 15 is 0 Å². The minimum atomic E-state index is -0.0784. The van der Waals surface area contributed by atoms with Gasteiger partial charge in [-0.25, -0.2) is 0 Å². The Morgan fingerprint density at radius 2 is 1.78 bits per heavy atom. The predicted molar refractivity (Wildman–Crippen MR) is 115 cm³/mol. The van der Waals surface area contributed by atoms with Crippen LogP contribution >= 0.6 is 39.1 Å². The Morgan fingerprint density at radius 1 is 1.00 bits per heavy atom. The summed E-state index contributed by atoms with van der Waals surface area (Å²) in [4.78, 5) is 12.8. The van der Waals surface area contributed by atoms with Crippen LogP contribution in [0.3, 0.4) is 0 Å². The van der Waals surface area contributed by atoms with Crippen molar-refractivity contribution in [1.29, 1.82) is 0 Å². The highest BCUT2D eigenvalue weighted by molar-refractivity contribution is 9.10. The third-order valence-electron chi connectivity index (χ3n) is 4.97. The molecule has 138 valence electrons. The van der Waals surface area contributed by atoms with Crippen LogP contribution < -0.4 is 0 Å². The van der Waals surface area contributed by atoms with Crippen molar-refractivity contribution < 1.29 is 4.79 Å². The first kappa shape index (κ1) is 18.8. The van der Waals surface area contributed by atoms with Gasteiger partial charge < -0.3 is 4.57 Å². The number of benzene rings is 2. The van der Waals surface area contributed by atoms with Crippen LogP contribution in [0.25, 0.3) is 16.9 Å². The SMILES string of the molecule is CC1(C)CC(=O)c2cc(-c3cccc(Br)c3)n(-c3ccc(Cl)c(Cl)c3)c2C1. The molecule has 3 aromatic rings. The zero-order valence-electron chi connectivity index (χ0n) is 15.0. The Hall–Kier alpha value is -1.55. The second-order valence-corrected chi connectivity index (χ2v) is 9.51. The van der Waals surface area contributed by atoms with Gasteiger partial charge >= 0.3 is 0 Å². The molecule has 0 atom stereocenters. The fourth-order valence-corrected chi connectivity index (χ4v) is 4.48. The van der Waals surface area contributed by atoms with Crippen LogP contribution in [0.2, 0.25) is 10.0 Å². The molecule has 0 amide bonds. The monoisotopic (exact) mass is 461 g/mol. The molecule has 0 saturated carbocycles. The van der Waals surface area contributed by atoms with Crippen molar-refractivity contribution in [3.8, 4) is 16.9 Å². The predicted octanol–water partition coefficient (Wildman–Crippen LogP) is 7.37. The third-order valence-corrected chi connectivity index (χ3v) is 6.20. The van der Waals surface area contributed by atoms with Crippen LogP contribution in [0.15, 0.2) is 53.0 Å². The first-order valence-electron chi connectivity index (χ1n) is 8.74. The average molecular weight is 463 g/mol. The Kier molecular flexibility index (Phi) is 4.74. The molecule has 2 nitrogen and oxygen atoms in total. The fourth-order valence-electron chi connectivity index (χ4n) is 3.79. The van der Waals surface area contributed by atoms with Gasteiger partial charge in [-0.15, -0.1) is 0 Å². The largest absolute Gasteiger partial charge is 0.313 e. The molecule has 1 aromatic heterocycles. The zero-order valence-corrected chi connectivity index (χ0v) is 18.1.